The Morgan fingerprint density at radius 2 is 1.22 bits per heavy atom. The Balaban J connectivity index is 3.09. The smallest absolute Gasteiger partial charge is 0.0702 e. The molecule has 2 atom stereocenters. The summed E-state index contributed by atoms with van der Waals surface area (Å²) in [6.45, 7) is 4.51. The molecule has 1 N–H and O–H groups in total. The van der Waals surface area contributed by atoms with Crippen LogP contribution in [0.25, 0.3) is 0 Å². The van der Waals surface area contributed by atoms with Crippen LogP contribution >= 0.6 is 8.58 Å². The maximum absolute atomic E-state index is 9.86. The van der Waals surface area contributed by atoms with Gasteiger partial charge in [0.05, 0.1) is 5.85 Å². The van der Waals surface area contributed by atoms with E-state index in [0.29, 0.717) is 0 Å². The molecule has 1 nitrogen and oxygen atoms in total. The fraction of sp³-hybridized carbons (Fsp3) is 1.00. The van der Waals surface area contributed by atoms with E-state index in [9.17, 15) is 5.11 Å². The Hall–Kier alpha value is 0.390. The van der Waals surface area contributed by atoms with E-state index in [0.717, 1.165) is 15.0 Å². The molecule has 0 aliphatic heterocycles. The fourth-order valence-electron chi connectivity index (χ4n) is 2.22. The predicted molar refractivity (Wildman–Crippen MR) is 85.9 cm³/mol. The monoisotopic (exact) mass is 274 g/mol. The van der Waals surface area contributed by atoms with Crippen LogP contribution in [-0.4, -0.2) is 17.1 Å². The van der Waals surface area contributed by atoms with Gasteiger partial charge in [-0.3, -0.25) is 0 Å². The molecule has 110 valence electrons. The van der Waals surface area contributed by atoms with Crippen LogP contribution in [0.15, 0.2) is 0 Å². The highest BCUT2D eigenvalue weighted by Crippen LogP contribution is 2.24. The summed E-state index contributed by atoms with van der Waals surface area (Å²) in [4.78, 5) is 0. The van der Waals surface area contributed by atoms with E-state index in [4.69, 9.17) is 0 Å². The van der Waals surface area contributed by atoms with Gasteiger partial charge in [0.2, 0.25) is 0 Å². The summed E-state index contributed by atoms with van der Waals surface area (Å²) in [6, 6.07) is 0. The van der Waals surface area contributed by atoms with Gasteiger partial charge in [0.25, 0.3) is 0 Å². The van der Waals surface area contributed by atoms with Crippen molar-refractivity contribution in [2.24, 2.45) is 0 Å². The van der Waals surface area contributed by atoms with Crippen LogP contribution in [0.2, 0.25) is 0 Å². The first-order chi connectivity index (χ1) is 8.81. The van der Waals surface area contributed by atoms with Gasteiger partial charge in [-0.2, -0.15) is 0 Å². The van der Waals surface area contributed by atoms with E-state index in [1.165, 1.54) is 76.8 Å². The maximum Gasteiger partial charge on any atom is 0.0702 e. The molecule has 0 aromatic carbocycles. The second-order valence-electron chi connectivity index (χ2n) is 5.44. The zero-order valence-corrected chi connectivity index (χ0v) is 13.7. The van der Waals surface area contributed by atoms with Gasteiger partial charge < -0.3 is 5.11 Å². The van der Waals surface area contributed by atoms with Crippen LogP contribution in [0.4, 0.5) is 0 Å². The summed E-state index contributed by atoms with van der Waals surface area (Å²) in [7, 11) is 0.786. The van der Waals surface area contributed by atoms with Crippen molar-refractivity contribution in [1.29, 1.82) is 0 Å². The Bertz CT molecular complexity index is 150. The van der Waals surface area contributed by atoms with E-state index in [1.54, 1.807) is 0 Å². The standard InChI is InChI=1S/C16H35OP/c1-3-5-7-9-11-13-15-18-16(17)14-12-10-8-6-4-2/h16-18H,3-15H2,1-2H3. The summed E-state index contributed by atoms with van der Waals surface area (Å²) in [5.41, 5.74) is 0. The van der Waals surface area contributed by atoms with Crippen molar-refractivity contribution in [3.63, 3.8) is 0 Å². The highest BCUT2D eigenvalue weighted by atomic mass is 31.1. The average molecular weight is 274 g/mol. The van der Waals surface area contributed by atoms with Crippen molar-refractivity contribution in [2.45, 2.75) is 96.7 Å². The second kappa shape index (κ2) is 15.4. The summed E-state index contributed by atoms with van der Waals surface area (Å²) in [6.07, 6.45) is 17.1. The normalized spacial score (nSPS) is 13.5. The molecule has 0 bridgehead atoms. The summed E-state index contributed by atoms with van der Waals surface area (Å²) in [5.74, 6) is 0.00210. The molecular weight excluding hydrogens is 239 g/mol. The van der Waals surface area contributed by atoms with E-state index >= 15 is 0 Å². The number of unbranched alkanes of at least 4 members (excludes halogenated alkanes) is 9. The van der Waals surface area contributed by atoms with Crippen LogP contribution in [0, 0.1) is 0 Å². The van der Waals surface area contributed by atoms with Crippen molar-refractivity contribution in [3.8, 4) is 0 Å². The van der Waals surface area contributed by atoms with Crippen molar-refractivity contribution in [1.82, 2.24) is 0 Å². The molecule has 0 saturated heterocycles. The molecule has 0 aliphatic rings. The lowest BCUT2D eigenvalue weighted by Gasteiger charge is -2.10. The Kier molecular flexibility index (Phi) is 15.8. The quantitative estimate of drug-likeness (QED) is 0.318. The van der Waals surface area contributed by atoms with Gasteiger partial charge in [0.15, 0.2) is 0 Å². The summed E-state index contributed by atoms with van der Waals surface area (Å²) < 4.78 is 0. The zero-order valence-electron chi connectivity index (χ0n) is 12.7. The van der Waals surface area contributed by atoms with Gasteiger partial charge in [-0.05, 0) is 19.0 Å². The van der Waals surface area contributed by atoms with Gasteiger partial charge in [0.1, 0.15) is 0 Å². The molecule has 0 rings (SSSR count). The molecule has 0 radical (unpaired) electrons. The van der Waals surface area contributed by atoms with Crippen LogP contribution in [0.1, 0.15) is 90.9 Å². The summed E-state index contributed by atoms with van der Waals surface area (Å²) >= 11 is 0. The van der Waals surface area contributed by atoms with Crippen molar-refractivity contribution in [2.75, 3.05) is 6.16 Å². The van der Waals surface area contributed by atoms with Gasteiger partial charge in [-0.25, -0.2) is 0 Å². The average Bonchev–Trinajstić information content (AvgIpc) is 2.37. The first-order valence-electron chi connectivity index (χ1n) is 8.22. The number of aliphatic hydroxyl groups excluding tert-OH is 1. The minimum Gasteiger partial charge on any atom is -0.389 e. The number of hydrogen-bond acceptors (Lipinski definition) is 1. The third kappa shape index (κ3) is 14.5. The molecule has 0 aromatic rings. The Labute approximate surface area is 117 Å². The van der Waals surface area contributed by atoms with E-state index in [2.05, 4.69) is 13.8 Å². The molecule has 2 unspecified atom stereocenters. The molecular formula is C16H35OP. The van der Waals surface area contributed by atoms with E-state index in [1.807, 2.05) is 0 Å². The van der Waals surface area contributed by atoms with Crippen LogP contribution in [0.5, 0.6) is 0 Å². The highest BCUT2D eigenvalue weighted by molar-refractivity contribution is 7.38. The first-order valence-corrected chi connectivity index (χ1v) is 9.51. The largest absolute Gasteiger partial charge is 0.389 e. The van der Waals surface area contributed by atoms with Gasteiger partial charge >= 0.3 is 0 Å². The number of rotatable bonds is 14. The molecule has 2 heteroatoms. The minimum atomic E-state index is 0.00210. The lowest BCUT2D eigenvalue weighted by molar-refractivity contribution is 0.244. The Morgan fingerprint density at radius 3 is 1.83 bits per heavy atom. The third-order valence-electron chi connectivity index (χ3n) is 3.49. The van der Waals surface area contributed by atoms with E-state index < -0.39 is 0 Å². The lowest BCUT2D eigenvalue weighted by Crippen LogP contribution is -1.99. The molecule has 0 aromatic heterocycles. The van der Waals surface area contributed by atoms with Crippen LogP contribution in [-0.2, 0) is 0 Å². The number of hydrogen-bond donors (Lipinski definition) is 1. The van der Waals surface area contributed by atoms with Crippen LogP contribution < -0.4 is 0 Å². The SMILES string of the molecule is CCCCCCCCPC(O)CCCCCCC. The molecule has 0 spiro atoms. The summed E-state index contributed by atoms with van der Waals surface area (Å²) in [5, 5.41) is 9.86. The minimum absolute atomic E-state index is 0.00210. The predicted octanol–water partition coefficient (Wildman–Crippen LogP) is 5.70. The fourth-order valence-corrected chi connectivity index (χ4v) is 3.41. The highest BCUT2D eigenvalue weighted by Gasteiger charge is 2.03. The molecule has 0 aliphatic carbocycles. The Morgan fingerprint density at radius 1 is 0.722 bits per heavy atom. The zero-order chi connectivity index (χ0) is 13.5. The van der Waals surface area contributed by atoms with Crippen molar-refractivity contribution >= 4 is 8.58 Å². The topological polar surface area (TPSA) is 20.2 Å². The first kappa shape index (κ1) is 18.4. The van der Waals surface area contributed by atoms with Gasteiger partial charge in [-0.15, -0.1) is 0 Å². The van der Waals surface area contributed by atoms with Crippen LogP contribution in [0.3, 0.4) is 0 Å². The molecule has 0 heterocycles. The van der Waals surface area contributed by atoms with Gasteiger partial charge in [0, 0.05) is 0 Å². The molecule has 0 saturated carbocycles. The molecule has 0 fully saturated rings. The maximum atomic E-state index is 9.86. The lowest BCUT2D eigenvalue weighted by atomic mass is 10.1. The van der Waals surface area contributed by atoms with Gasteiger partial charge in [-0.1, -0.05) is 86.6 Å². The molecule has 0 amide bonds. The third-order valence-corrected chi connectivity index (χ3v) is 4.89. The van der Waals surface area contributed by atoms with E-state index in [-0.39, 0.29) is 5.85 Å². The van der Waals surface area contributed by atoms with Crippen molar-refractivity contribution < 1.29 is 5.11 Å². The second-order valence-corrected chi connectivity index (χ2v) is 7.02. The number of aliphatic hydroxyl groups is 1. The van der Waals surface area contributed by atoms with Crippen molar-refractivity contribution in [3.05, 3.63) is 0 Å². The molecule has 18 heavy (non-hydrogen) atoms.